The molecule has 0 amide bonds. The fraction of sp³-hybridized carbons (Fsp3) is 0.545. The molecule has 15 heavy (non-hydrogen) atoms. The third kappa shape index (κ3) is 2.88. The molecule has 0 saturated carbocycles. The first-order valence-electron chi connectivity index (χ1n) is 5.11. The second-order valence-electron chi connectivity index (χ2n) is 3.78. The van der Waals surface area contributed by atoms with Crippen LogP contribution in [-0.2, 0) is 0 Å². The highest BCUT2D eigenvalue weighted by Gasteiger charge is 2.21. The summed E-state index contributed by atoms with van der Waals surface area (Å²) in [6.07, 6.45) is 4.50. The maximum absolute atomic E-state index is 11.9. The average molecular weight is 289 g/mol. The summed E-state index contributed by atoms with van der Waals surface area (Å²) in [5, 5.41) is 0. The van der Waals surface area contributed by atoms with Gasteiger partial charge in [-0.1, -0.05) is 0 Å². The molecule has 0 radical (unpaired) electrons. The average Bonchev–Trinajstić information content (AvgIpc) is 2.66. The van der Waals surface area contributed by atoms with E-state index in [1.807, 2.05) is 11.8 Å². The zero-order chi connectivity index (χ0) is 10.7. The molecule has 1 aromatic rings. The number of hydrogen-bond donors (Lipinski definition) is 0. The largest absolute Gasteiger partial charge is 0.460 e. The van der Waals surface area contributed by atoms with Crippen molar-refractivity contribution in [1.29, 1.82) is 0 Å². The Balaban J connectivity index is 1.94. The first kappa shape index (κ1) is 11.3. The molecule has 1 saturated heterocycles. The van der Waals surface area contributed by atoms with E-state index in [4.69, 9.17) is 4.42 Å². The van der Waals surface area contributed by atoms with Crippen LogP contribution in [0.15, 0.2) is 21.2 Å². The molecule has 1 aromatic heterocycles. The second-order valence-corrected chi connectivity index (χ2v) is 5.86. The molecule has 1 aliphatic heterocycles. The van der Waals surface area contributed by atoms with Crippen LogP contribution in [-0.4, -0.2) is 17.3 Å². The van der Waals surface area contributed by atoms with Crippen LogP contribution in [0.4, 0.5) is 0 Å². The quantitative estimate of drug-likeness (QED) is 0.794. The van der Waals surface area contributed by atoms with Crippen molar-refractivity contribution in [2.45, 2.75) is 19.3 Å². The molecule has 2 nitrogen and oxygen atoms in total. The summed E-state index contributed by atoms with van der Waals surface area (Å²) in [6.45, 7) is 0. The maximum atomic E-state index is 11.9. The number of hydrogen-bond acceptors (Lipinski definition) is 3. The van der Waals surface area contributed by atoms with E-state index in [1.54, 1.807) is 12.3 Å². The van der Waals surface area contributed by atoms with Gasteiger partial charge >= 0.3 is 0 Å². The summed E-state index contributed by atoms with van der Waals surface area (Å²) in [4.78, 5) is 11.9. The van der Waals surface area contributed by atoms with E-state index < -0.39 is 0 Å². The minimum Gasteiger partial charge on any atom is -0.460 e. The first-order chi connectivity index (χ1) is 7.27. The Kier molecular flexibility index (Phi) is 3.92. The zero-order valence-corrected chi connectivity index (χ0v) is 10.8. The van der Waals surface area contributed by atoms with Gasteiger partial charge in [-0.25, -0.2) is 0 Å². The van der Waals surface area contributed by atoms with Crippen molar-refractivity contribution in [2.75, 3.05) is 11.5 Å². The molecule has 2 rings (SSSR count). The Bertz CT molecular complexity index is 342. The van der Waals surface area contributed by atoms with E-state index in [2.05, 4.69) is 15.9 Å². The number of furan rings is 1. The number of carbonyl (C=O) groups excluding carboxylic acids is 1. The zero-order valence-electron chi connectivity index (χ0n) is 8.37. The van der Waals surface area contributed by atoms with Gasteiger partial charge in [-0.15, -0.1) is 0 Å². The fourth-order valence-corrected chi connectivity index (χ4v) is 3.42. The number of carbonyl (C=O) groups is 1. The molecule has 0 spiro atoms. The van der Waals surface area contributed by atoms with Crippen molar-refractivity contribution in [1.82, 2.24) is 0 Å². The molecule has 0 N–H and O–H groups in total. The lowest BCUT2D eigenvalue weighted by atomic mass is 9.96. The fourth-order valence-electron chi connectivity index (χ4n) is 1.80. The van der Waals surface area contributed by atoms with Crippen molar-refractivity contribution < 1.29 is 9.21 Å². The van der Waals surface area contributed by atoms with Gasteiger partial charge in [-0.3, -0.25) is 4.79 Å². The van der Waals surface area contributed by atoms with E-state index >= 15 is 0 Å². The maximum Gasteiger partial charge on any atom is 0.199 e. The molecule has 0 atom stereocenters. The third-order valence-electron chi connectivity index (χ3n) is 2.69. The Hall–Kier alpha value is -0.220. The molecule has 2 heterocycles. The molecule has 4 heteroatoms. The molecule has 0 unspecified atom stereocenters. The number of ketones is 1. The van der Waals surface area contributed by atoms with Gasteiger partial charge in [0.15, 0.2) is 11.5 Å². The van der Waals surface area contributed by atoms with Crippen molar-refractivity contribution in [3.8, 4) is 0 Å². The highest BCUT2D eigenvalue weighted by Crippen LogP contribution is 2.28. The lowest BCUT2D eigenvalue weighted by Gasteiger charge is -2.19. The number of Topliss-reactive ketones (excluding diaryl/α,β-unsaturated/α-hetero) is 1. The number of halogens is 1. The van der Waals surface area contributed by atoms with Crippen LogP contribution in [0.5, 0.6) is 0 Å². The van der Waals surface area contributed by atoms with Crippen molar-refractivity contribution in [3.05, 3.63) is 22.6 Å². The minimum absolute atomic E-state index is 0.128. The lowest BCUT2D eigenvalue weighted by molar-refractivity contribution is 0.0930. The van der Waals surface area contributed by atoms with Crippen LogP contribution in [0.1, 0.15) is 29.8 Å². The van der Waals surface area contributed by atoms with E-state index in [-0.39, 0.29) is 5.78 Å². The van der Waals surface area contributed by atoms with E-state index in [0.29, 0.717) is 18.1 Å². The van der Waals surface area contributed by atoms with Crippen LogP contribution in [0.3, 0.4) is 0 Å². The van der Waals surface area contributed by atoms with Gasteiger partial charge in [0.2, 0.25) is 0 Å². The van der Waals surface area contributed by atoms with Gasteiger partial charge in [-0.2, -0.15) is 11.8 Å². The minimum atomic E-state index is 0.128. The van der Waals surface area contributed by atoms with Gasteiger partial charge < -0.3 is 4.42 Å². The van der Waals surface area contributed by atoms with Crippen LogP contribution in [0.25, 0.3) is 0 Å². The second kappa shape index (κ2) is 5.21. The van der Waals surface area contributed by atoms with Crippen molar-refractivity contribution in [3.63, 3.8) is 0 Å². The topological polar surface area (TPSA) is 30.2 Å². The summed E-state index contributed by atoms with van der Waals surface area (Å²) in [5.74, 6) is 3.54. The van der Waals surface area contributed by atoms with Crippen LogP contribution < -0.4 is 0 Å². The summed E-state index contributed by atoms with van der Waals surface area (Å²) in [6, 6.07) is 1.77. The van der Waals surface area contributed by atoms with E-state index in [0.717, 1.165) is 17.3 Å². The summed E-state index contributed by atoms with van der Waals surface area (Å²) < 4.78 is 5.94. The lowest BCUT2D eigenvalue weighted by Crippen LogP contribution is -2.14. The highest BCUT2D eigenvalue weighted by atomic mass is 79.9. The van der Waals surface area contributed by atoms with Crippen LogP contribution >= 0.6 is 27.7 Å². The number of thioether (sulfide) groups is 1. The van der Waals surface area contributed by atoms with E-state index in [1.165, 1.54) is 11.5 Å². The predicted molar refractivity (Wildman–Crippen MR) is 65.4 cm³/mol. The SMILES string of the molecule is O=C(CC1CCSCC1)c1occc1Br. The van der Waals surface area contributed by atoms with Gasteiger partial charge in [0.25, 0.3) is 0 Å². The Morgan fingerprint density at radius 3 is 2.87 bits per heavy atom. The first-order valence-corrected chi connectivity index (χ1v) is 7.06. The van der Waals surface area contributed by atoms with Crippen molar-refractivity contribution >= 4 is 33.5 Å². The molecule has 1 fully saturated rings. The summed E-state index contributed by atoms with van der Waals surface area (Å²) in [7, 11) is 0. The smallest absolute Gasteiger partial charge is 0.199 e. The van der Waals surface area contributed by atoms with Gasteiger partial charge in [-0.05, 0) is 52.3 Å². The van der Waals surface area contributed by atoms with Crippen LogP contribution in [0.2, 0.25) is 0 Å². The molecule has 0 aromatic carbocycles. The van der Waals surface area contributed by atoms with Crippen LogP contribution in [0, 0.1) is 5.92 Å². The Labute approximate surface area is 102 Å². The molecular weight excluding hydrogens is 276 g/mol. The summed E-state index contributed by atoms with van der Waals surface area (Å²) >= 11 is 5.30. The van der Waals surface area contributed by atoms with E-state index in [9.17, 15) is 4.79 Å². The third-order valence-corrected chi connectivity index (χ3v) is 4.36. The Morgan fingerprint density at radius 1 is 1.53 bits per heavy atom. The molecule has 1 aliphatic rings. The van der Waals surface area contributed by atoms with Crippen molar-refractivity contribution in [2.24, 2.45) is 5.92 Å². The van der Waals surface area contributed by atoms with Gasteiger partial charge in [0.1, 0.15) is 0 Å². The molecule has 0 aliphatic carbocycles. The molecular formula is C11H13BrO2S. The Morgan fingerprint density at radius 2 is 2.27 bits per heavy atom. The predicted octanol–water partition coefficient (Wildman–Crippen LogP) is 3.76. The normalized spacial score (nSPS) is 17.9. The van der Waals surface area contributed by atoms with Gasteiger partial charge in [0, 0.05) is 6.42 Å². The number of rotatable bonds is 3. The molecule has 82 valence electrons. The standard InChI is InChI=1S/C11H13BrO2S/c12-9-1-4-14-11(9)10(13)7-8-2-5-15-6-3-8/h1,4,8H,2-3,5-7H2. The monoisotopic (exact) mass is 288 g/mol. The highest BCUT2D eigenvalue weighted by molar-refractivity contribution is 9.10. The summed E-state index contributed by atoms with van der Waals surface area (Å²) in [5.41, 5.74) is 0. The molecule has 0 bridgehead atoms. The van der Waals surface area contributed by atoms with Gasteiger partial charge in [0.05, 0.1) is 10.7 Å².